The van der Waals surface area contributed by atoms with Gasteiger partial charge in [0.25, 0.3) is 0 Å². The largest absolute Gasteiger partial charge is 0.497 e. The zero-order valence-electron chi connectivity index (χ0n) is 15.6. The fourth-order valence-electron chi connectivity index (χ4n) is 2.76. The van der Waals surface area contributed by atoms with Crippen LogP contribution in [0.15, 0.2) is 67.0 Å². The summed E-state index contributed by atoms with van der Waals surface area (Å²) in [6.45, 7) is 1.14. The highest BCUT2D eigenvalue weighted by Crippen LogP contribution is 2.12. The normalized spacial score (nSPS) is 10.4. The number of nitrogens with one attached hydrogen (secondary N) is 1. The quantitative estimate of drug-likeness (QED) is 0.700. The van der Waals surface area contributed by atoms with Crippen molar-refractivity contribution in [2.75, 3.05) is 20.7 Å². The highest BCUT2D eigenvalue weighted by Gasteiger charge is 2.08. The smallest absolute Gasteiger partial charge is 0.317 e. The number of benzene rings is 2. The maximum atomic E-state index is 12.2. The molecular formula is C21H24N4O2. The molecule has 0 bridgehead atoms. The van der Waals surface area contributed by atoms with E-state index in [0.29, 0.717) is 13.1 Å². The predicted molar refractivity (Wildman–Crippen MR) is 105 cm³/mol. The molecule has 6 nitrogen and oxygen atoms in total. The van der Waals surface area contributed by atoms with Crippen molar-refractivity contribution in [3.8, 4) is 11.4 Å². The molecule has 0 aliphatic carbocycles. The maximum absolute atomic E-state index is 12.2. The SMILES string of the molecule is COc1ccc(CN(C)C(=O)NCCc2ccc(-n3cccn3)cc2)cc1. The van der Waals surface area contributed by atoms with E-state index in [1.54, 1.807) is 25.3 Å². The summed E-state index contributed by atoms with van der Waals surface area (Å²) in [6, 6.07) is 17.7. The van der Waals surface area contributed by atoms with E-state index in [2.05, 4.69) is 22.5 Å². The van der Waals surface area contributed by atoms with E-state index in [9.17, 15) is 4.79 Å². The minimum Gasteiger partial charge on any atom is -0.497 e. The van der Waals surface area contributed by atoms with Crippen LogP contribution in [-0.4, -0.2) is 41.4 Å². The van der Waals surface area contributed by atoms with Gasteiger partial charge in [-0.05, 0) is 47.9 Å². The van der Waals surface area contributed by atoms with Crippen molar-refractivity contribution in [2.45, 2.75) is 13.0 Å². The van der Waals surface area contributed by atoms with Gasteiger partial charge in [-0.3, -0.25) is 0 Å². The van der Waals surface area contributed by atoms with Gasteiger partial charge in [-0.2, -0.15) is 5.10 Å². The summed E-state index contributed by atoms with van der Waals surface area (Å²) >= 11 is 0. The van der Waals surface area contributed by atoms with Gasteiger partial charge in [-0.15, -0.1) is 0 Å². The fraction of sp³-hybridized carbons (Fsp3) is 0.238. The second-order valence-electron chi connectivity index (χ2n) is 6.30. The molecule has 0 atom stereocenters. The van der Waals surface area contributed by atoms with E-state index in [-0.39, 0.29) is 6.03 Å². The number of amides is 2. The van der Waals surface area contributed by atoms with Crippen molar-refractivity contribution >= 4 is 6.03 Å². The van der Waals surface area contributed by atoms with E-state index in [0.717, 1.165) is 23.4 Å². The molecule has 0 unspecified atom stereocenters. The number of urea groups is 1. The standard InChI is InChI=1S/C21H24N4O2/c1-24(16-18-6-10-20(27-2)11-7-18)21(26)22-14-12-17-4-8-19(9-5-17)25-15-3-13-23-25/h3-11,13,15H,12,14,16H2,1-2H3,(H,22,26). The number of ether oxygens (including phenoxy) is 1. The lowest BCUT2D eigenvalue weighted by atomic mass is 10.1. The summed E-state index contributed by atoms with van der Waals surface area (Å²) in [6.07, 6.45) is 4.45. The number of aromatic nitrogens is 2. The van der Waals surface area contributed by atoms with Crippen molar-refractivity contribution < 1.29 is 9.53 Å². The zero-order valence-corrected chi connectivity index (χ0v) is 15.6. The first kappa shape index (κ1) is 18.5. The lowest BCUT2D eigenvalue weighted by molar-refractivity contribution is 0.207. The second kappa shape index (κ2) is 8.89. The van der Waals surface area contributed by atoms with Gasteiger partial charge in [0.1, 0.15) is 5.75 Å². The van der Waals surface area contributed by atoms with Gasteiger partial charge in [0, 0.05) is 32.5 Å². The molecule has 3 aromatic rings. The van der Waals surface area contributed by atoms with E-state index < -0.39 is 0 Å². The molecule has 1 heterocycles. The Morgan fingerprint density at radius 1 is 1.11 bits per heavy atom. The Balaban J connectivity index is 1.44. The van der Waals surface area contributed by atoms with Gasteiger partial charge in [-0.1, -0.05) is 24.3 Å². The summed E-state index contributed by atoms with van der Waals surface area (Å²) in [5, 5.41) is 7.17. The fourth-order valence-corrected chi connectivity index (χ4v) is 2.76. The number of hydrogen-bond acceptors (Lipinski definition) is 3. The number of hydrogen-bond donors (Lipinski definition) is 1. The number of rotatable bonds is 7. The molecule has 3 rings (SSSR count). The van der Waals surface area contributed by atoms with E-state index in [1.165, 1.54) is 5.56 Å². The molecule has 0 aliphatic rings. The minimum atomic E-state index is -0.0843. The van der Waals surface area contributed by atoms with Crippen LogP contribution in [0.25, 0.3) is 5.69 Å². The van der Waals surface area contributed by atoms with Gasteiger partial charge in [0.2, 0.25) is 0 Å². The molecule has 6 heteroatoms. The molecule has 0 aliphatic heterocycles. The average molecular weight is 364 g/mol. The third-order valence-corrected chi connectivity index (χ3v) is 4.32. The van der Waals surface area contributed by atoms with Crippen LogP contribution in [0, 0.1) is 0 Å². The predicted octanol–water partition coefficient (Wildman–Crippen LogP) is 3.27. The van der Waals surface area contributed by atoms with Gasteiger partial charge < -0.3 is 15.0 Å². The summed E-state index contributed by atoms with van der Waals surface area (Å²) in [5.41, 5.74) is 3.25. The van der Waals surface area contributed by atoms with Crippen LogP contribution in [0.3, 0.4) is 0 Å². The van der Waals surface area contributed by atoms with Crippen molar-refractivity contribution in [3.63, 3.8) is 0 Å². The third-order valence-electron chi connectivity index (χ3n) is 4.32. The van der Waals surface area contributed by atoms with Crippen LogP contribution < -0.4 is 10.1 Å². The Morgan fingerprint density at radius 2 is 1.81 bits per heavy atom. The van der Waals surface area contributed by atoms with Gasteiger partial charge in [0.05, 0.1) is 12.8 Å². The molecule has 2 amide bonds. The molecule has 2 aromatic carbocycles. The lowest BCUT2D eigenvalue weighted by Crippen LogP contribution is -2.37. The molecule has 0 spiro atoms. The van der Waals surface area contributed by atoms with Gasteiger partial charge >= 0.3 is 6.03 Å². The lowest BCUT2D eigenvalue weighted by Gasteiger charge is -2.18. The molecule has 0 radical (unpaired) electrons. The first-order valence-electron chi connectivity index (χ1n) is 8.86. The highest BCUT2D eigenvalue weighted by atomic mass is 16.5. The van der Waals surface area contributed by atoms with Crippen LogP contribution in [-0.2, 0) is 13.0 Å². The summed E-state index contributed by atoms with van der Waals surface area (Å²) in [4.78, 5) is 13.9. The van der Waals surface area contributed by atoms with E-state index in [4.69, 9.17) is 4.74 Å². The maximum Gasteiger partial charge on any atom is 0.317 e. The Kier molecular flexibility index (Phi) is 6.10. The molecule has 0 fully saturated rings. The molecule has 1 aromatic heterocycles. The summed E-state index contributed by atoms with van der Waals surface area (Å²) < 4.78 is 6.97. The first-order valence-corrected chi connectivity index (χ1v) is 8.86. The topological polar surface area (TPSA) is 59.4 Å². The summed E-state index contributed by atoms with van der Waals surface area (Å²) in [7, 11) is 3.43. The minimum absolute atomic E-state index is 0.0843. The molecule has 0 saturated heterocycles. The number of nitrogens with zero attached hydrogens (tertiary/aromatic N) is 3. The number of carbonyl (C=O) groups excluding carboxylic acids is 1. The Morgan fingerprint density at radius 3 is 2.44 bits per heavy atom. The molecule has 27 heavy (non-hydrogen) atoms. The Hall–Kier alpha value is -3.28. The zero-order chi connectivity index (χ0) is 19.1. The molecule has 0 saturated carbocycles. The Labute approximate surface area is 159 Å². The summed E-state index contributed by atoms with van der Waals surface area (Å²) in [5.74, 6) is 0.810. The molecule has 1 N–H and O–H groups in total. The second-order valence-corrected chi connectivity index (χ2v) is 6.30. The molecular weight excluding hydrogens is 340 g/mol. The van der Waals surface area contributed by atoms with Crippen LogP contribution in [0.1, 0.15) is 11.1 Å². The van der Waals surface area contributed by atoms with Crippen LogP contribution in [0.2, 0.25) is 0 Å². The Bertz CT molecular complexity index is 843. The van der Waals surface area contributed by atoms with Crippen molar-refractivity contribution in [1.29, 1.82) is 0 Å². The van der Waals surface area contributed by atoms with Crippen LogP contribution >= 0.6 is 0 Å². The average Bonchev–Trinajstić information content (AvgIpc) is 3.24. The van der Waals surface area contributed by atoms with Gasteiger partial charge in [0.15, 0.2) is 0 Å². The number of methoxy groups -OCH3 is 1. The van der Waals surface area contributed by atoms with Crippen molar-refractivity contribution in [2.24, 2.45) is 0 Å². The molecule has 140 valence electrons. The van der Waals surface area contributed by atoms with Crippen LogP contribution in [0.4, 0.5) is 4.79 Å². The highest BCUT2D eigenvalue weighted by molar-refractivity contribution is 5.73. The number of carbonyl (C=O) groups is 1. The first-order chi connectivity index (χ1) is 13.2. The van der Waals surface area contributed by atoms with E-state index >= 15 is 0 Å². The third kappa shape index (κ3) is 5.10. The monoisotopic (exact) mass is 364 g/mol. The van der Waals surface area contributed by atoms with Crippen molar-refractivity contribution in [1.82, 2.24) is 20.0 Å². The van der Waals surface area contributed by atoms with Crippen LogP contribution in [0.5, 0.6) is 5.75 Å². The van der Waals surface area contributed by atoms with E-state index in [1.807, 2.05) is 53.3 Å². The van der Waals surface area contributed by atoms with Crippen molar-refractivity contribution in [3.05, 3.63) is 78.1 Å². The van der Waals surface area contributed by atoms with Gasteiger partial charge in [-0.25, -0.2) is 9.48 Å².